The topological polar surface area (TPSA) is 39.1 Å². The predicted octanol–water partition coefficient (Wildman–Crippen LogP) is 3.22. The van der Waals surface area contributed by atoms with E-state index in [2.05, 4.69) is 28.7 Å². The quantitative estimate of drug-likeness (QED) is 0.900. The molecule has 0 unspecified atom stereocenters. The fourth-order valence-corrected chi connectivity index (χ4v) is 1.90. The maximum absolute atomic E-state index is 13.3. The maximum Gasteiger partial charge on any atom is 0.165 e. The summed E-state index contributed by atoms with van der Waals surface area (Å²) in [4.78, 5) is 4.14. The maximum atomic E-state index is 13.3. The molecule has 1 aromatic heterocycles. The van der Waals surface area contributed by atoms with Gasteiger partial charge in [0.1, 0.15) is 0 Å². The molecule has 0 fully saturated rings. The van der Waals surface area contributed by atoms with Crippen LogP contribution < -0.4 is 10.1 Å². The van der Waals surface area contributed by atoms with Gasteiger partial charge in [-0.3, -0.25) is 0 Å². The third-order valence-electron chi connectivity index (χ3n) is 2.93. The largest absolute Gasteiger partial charge is 0.494 e. The predicted molar refractivity (Wildman–Crippen MR) is 72.9 cm³/mol. The fraction of sp³-hybridized carbons (Fsp3) is 0.357. The number of hydrogen-bond acceptors (Lipinski definition) is 3. The van der Waals surface area contributed by atoms with Crippen LogP contribution in [0.15, 0.2) is 30.7 Å². The van der Waals surface area contributed by atoms with Crippen molar-refractivity contribution >= 4 is 5.69 Å². The summed E-state index contributed by atoms with van der Waals surface area (Å²) in [7, 11) is 1.45. The molecular formula is C14H18FN3O. The summed E-state index contributed by atoms with van der Waals surface area (Å²) < 4.78 is 20.3. The van der Waals surface area contributed by atoms with Gasteiger partial charge in [0, 0.05) is 24.0 Å². The van der Waals surface area contributed by atoms with Crippen molar-refractivity contribution in [1.82, 2.24) is 9.55 Å². The van der Waals surface area contributed by atoms with Crippen LogP contribution in [0.3, 0.4) is 0 Å². The van der Waals surface area contributed by atoms with Crippen molar-refractivity contribution in [2.24, 2.45) is 0 Å². The Morgan fingerprint density at radius 2 is 2.21 bits per heavy atom. The molecule has 19 heavy (non-hydrogen) atoms. The van der Waals surface area contributed by atoms with Gasteiger partial charge in [-0.1, -0.05) is 0 Å². The second-order valence-corrected chi connectivity index (χ2v) is 4.59. The summed E-state index contributed by atoms with van der Waals surface area (Å²) in [6, 6.07) is 5.09. The Hall–Kier alpha value is -2.04. The first-order valence-electron chi connectivity index (χ1n) is 6.20. The van der Waals surface area contributed by atoms with Crippen LogP contribution in [0.25, 0.3) is 0 Å². The van der Waals surface area contributed by atoms with E-state index in [0.29, 0.717) is 12.6 Å². The summed E-state index contributed by atoms with van der Waals surface area (Å²) in [5, 5.41) is 3.24. The van der Waals surface area contributed by atoms with Gasteiger partial charge in [-0.2, -0.15) is 0 Å². The van der Waals surface area contributed by atoms with E-state index in [1.54, 1.807) is 12.1 Å². The lowest BCUT2D eigenvalue weighted by Crippen LogP contribution is -2.08. The van der Waals surface area contributed by atoms with Gasteiger partial charge in [-0.05, 0) is 26.0 Å². The highest BCUT2D eigenvalue weighted by Crippen LogP contribution is 2.22. The zero-order chi connectivity index (χ0) is 13.8. The number of imidazole rings is 1. The van der Waals surface area contributed by atoms with Crippen LogP contribution in [0.5, 0.6) is 5.75 Å². The summed E-state index contributed by atoms with van der Waals surface area (Å²) in [6.45, 7) is 4.84. The molecule has 1 N–H and O–H groups in total. The van der Waals surface area contributed by atoms with Crippen LogP contribution in [0.1, 0.15) is 25.6 Å². The number of anilines is 1. The van der Waals surface area contributed by atoms with E-state index in [0.717, 1.165) is 11.4 Å². The first-order valence-corrected chi connectivity index (χ1v) is 6.20. The molecule has 1 heterocycles. The molecule has 0 saturated carbocycles. The first kappa shape index (κ1) is 13.4. The zero-order valence-electron chi connectivity index (χ0n) is 11.4. The second kappa shape index (κ2) is 5.73. The molecule has 2 aromatic rings. The van der Waals surface area contributed by atoms with Crippen molar-refractivity contribution < 1.29 is 9.13 Å². The van der Waals surface area contributed by atoms with E-state index in [-0.39, 0.29) is 11.6 Å². The van der Waals surface area contributed by atoms with Crippen molar-refractivity contribution in [2.45, 2.75) is 26.4 Å². The molecule has 0 bridgehead atoms. The molecule has 0 radical (unpaired) electrons. The average Bonchev–Trinajstić information content (AvgIpc) is 2.86. The lowest BCUT2D eigenvalue weighted by Gasteiger charge is -2.13. The molecule has 5 heteroatoms. The smallest absolute Gasteiger partial charge is 0.165 e. The summed E-state index contributed by atoms with van der Waals surface area (Å²) >= 11 is 0. The van der Waals surface area contributed by atoms with E-state index in [1.807, 2.05) is 12.5 Å². The molecular weight excluding hydrogens is 245 g/mol. The number of ether oxygens (including phenoxy) is 1. The van der Waals surface area contributed by atoms with Crippen LogP contribution >= 0.6 is 0 Å². The number of halogens is 1. The van der Waals surface area contributed by atoms with Crippen molar-refractivity contribution in [2.75, 3.05) is 12.4 Å². The molecule has 0 saturated heterocycles. The molecule has 1 aromatic carbocycles. The first-order chi connectivity index (χ1) is 9.11. The highest BCUT2D eigenvalue weighted by atomic mass is 19.1. The second-order valence-electron chi connectivity index (χ2n) is 4.59. The highest BCUT2D eigenvalue weighted by Gasteiger charge is 2.06. The molecule has 0 aliphatic carbocycles. The number of nitrogens with one attached hydrogen (secondary N) is 1. The number of rotatable bonds is 5. The Balaban J connectivity index is 2.08. The molecule has 0 spiro atoms. The molecule has 102 valence electrons. The number of nitrogens with zero attached hydrogens (tertiary/aromatic N) is 2. The standard InChI is InChI=1S/C14H18FN3O/c1-10(2)18-9-16-7-12(18)8-17-11-4-5-13(15)14(6-11)19-3/h4-7,9-10,17H,8H2,1-3H3. The highest BCUT2D eigenvalue weighted by molar-refractivity contribution is 5.48. The minimum atomic E-state index is -0.361. The summed E-state index contributed by atoms with van der Waals surface area (Å²) in [6.07, 6.45) is 3.64. The number of methoxy groups -OCH3 is 1. The van der Waals surface area contributed by atoms with Crippen LogP contribution in [0.4, 0.5) is 10.1 Å². The Labute approximate surface area is 112 Å². The van der Waals surface area contributed by atoms with E-state index in [9.17, 15) is 4.39 Å². The molecule has 0 atom stereocenters. The summed E-state index contributed by atoms with van der Waals surface area (Å²) in [5.74, 6) is -0.123. The van der Waals surface area contributed by atoms with Crippen LogP contribution in [-0.2, 0) is 6.54 Å². The number of aromatic nitrogens is 2. The Bertz CT molecular complexity index is 551. The zero-order valence-corrected chi connectivity index (χ0v) is 11.4. The van der Waals surface area contributed by atoms with Crippen molar-refractivity contribution in [1.29, 1.82) is 0 Å². The minimum absolute atomic E-state index is 0.238. The Morgan fingerprint density at radius 1 is 1.42 bits per heavy atom. The average molecular weight is 263 g/mol. The fourth-order valence-electron chi connectivity index (χ4n) is 1.90. The SMILES string of the molecule is COc1cc(NCc2cncn2C(C)C)ccc1F. The van der Waals surface area contributed by atoms with E-state index < -0.39 is 0 Å². The van der Waals surface area contributed by atoms with E-state index >= 15 is 0 Å². The van der Waals surface area contributed by atoms with Gasteiger partial charge in [0.25, 0.3) is 0 Å². The minimum Gasteiger partial charge on any atom is -0.494 e. The molecule has 0 aliphatic rings. The van der Waals surface area contributed by atoms with Crippen LogP contribution in [0.2, 0.25) is 0 Å². The molecule has 0 amide bonds. The third-order valence-corrected chi connectivity index (χ3v) is 2.93. The van der Waals surface area contributed by atoms with Crippen molar-refractivity contribution in [3.05, 3.63) is 42.2 Å². The Kier molecular flexibility index (Phi) is 4.04. The molecule has 2 rings (SSSR count). The van der Waals surface area contributed by atoms with Gasteiger partial charge >= 0.3 is 0 Å². The van der Waals surface area contributed by atoms with E-state index in [4.69, 9.17) is 4.74 Å². The van der Waals surface area contributed by atoms with Crippen molar-refractivity contribution in [3.63, 3.8) is 0 Å². The van der Waals surface area contributed by atoms with Gasteiger partial charge in [0.15, 0.2) is 11.6 Å². The lowest BCUT2D eigenvalue weighted by atomic mass is 10.2. The number of benzene rings is 1. The third kappa shape index (κ3) is 3.05. The number of hydrogen-bond donors (Lipinski definition) is 1. The molecule has 0 aliphatic heterocycles. The Morgan fingerprint density at radius 3 is 2.89 bits per heavy atom. The van der Waals surface area contributed by atoms with Gasteiger partial charge in [0.05, 0.1) is 25.7 Å². The summed E-state index contributed by atoms with van der Waals surface area (Å²) in [5.41, 5.74) is 1.90. The lowest BCUT2D eigenvalue weighted by molar-refractivity contribution is 0.387. The van der Waals surface area contributed by atoms with Gasteiger partial charge < -0.3 is 14.6 Å². The normalized spacial score (nSPS) is 10.8. The van der Waals surface area contributed by atoms with Gasteiger partial charge in [-0.25, -0.2) is 9.37 Å². The van der Waals surface area contributed by atoms with Crippen LogP contribution in [-0.4, -0.2) is 16.7 Å². The van der Waals surface area contributed by atoms with Gasteiger partial charge in [-0.15, -0.1) is 0 Å². The molecule has 4 nitrogen and oxygen atoms in total. The van der Waals surface area contributed by atoms with Crippen LogP contribution in [0, 0.1) is 5.82 Å². The van der Waals surface area contributed by atoms with Gasteiger partial charge in [0.2, 0.25) is 0 Å². The van der Waals surface area contributed by atoms with E-state index in [1.165, 1.54) is 13.2 Å². The monoisotopic (exact) mass is 263 g/mol. The van der Waals surface area contributed by atoms with Crippen molar-refractivity contribution in [3.8, 4) is 5.75 Å².